The van der Waals surface area contributed by atoms with E-state index < -0.39 is 0 Å². The van der Waals surface area contributed by atoms with Crippen LogP contribution in [-0.4, -0.2) is 26.4 Å². The van der Waals surface area contributed by atoms with Gasteiger partial charge in [-0.1, -0.05) is 304 Å². The van der Waals surface area contributed by atoms with Crippen LogP contribution in [0.15, 0.2) is 109 Å². The number of rotatable bonds is 48. The van der Waals surface area contributed by atoms with Crippen LogP contribution < -0.4 is 18.9 Å². The van der Waals surface area contributed by atoms with Crippen LogP contribution in [0.1, 0.15) is 278 Å². The summed E-state index contributed by atoms with van der Waals surface area (Å²) in [5, 5.41) is 21.6. The van der Waals surface area contributed by atoms with E-state index in [2.05, 4.69) is 98.8 Å². The monoisotopic (exact) mass is 1160 g/mol. The predicted molar refractivity (Wildman–Crippen MR) is 369 cm³/mol. The molecule has 5 aromatic carbocycles. The SMILES string of the molecule is CCCCCCCCCCCCCCCCCCOc1cc(/C=C(\C#N)c2ccc(/C=C/c3ccc(OCC)cc3)cc2)c(OCCCCCCCCCCCCCCCCCC)cc1/C=C(\C#N)c1ccc(/C=C/c2ccc(OCC)cc2)cc1. The average Bonchev–Trinajstić information content (AvgIpc) is 3.47. The zero-order chi connectivity index (χ0) is 60.8. The molecule has 6 heteroatoms. The molecule has 0 fully saturated rings. The van der Waals surface area contributed by atoms with E-state index in [4.69, 9.17) is 18.9 Å². The highest BCUT2D eigenvalue weighted by atomic mass is 16.5. The standard InChI is InChI=1S/C80H108N2O4/c1-5-9-11-13-15-17-19-21-23-25-27-29-31-33-35-37-59-85-79-63-74(62-76(66-82)72-53-45-68(46-54-72)40-42-70-49-57-78(58-50-70)84-8-4)80(86-60-38-36-34-32-30-28-26-24-22-20-18-16-14-12-10-6-2)64-73(79)61-75(65-81)71-51-43-67(44-52-71)39-41-69-47-55-77(56-48-69)83-7-3/h39-58,61-64H,5-38,59-60H2,1-4H3/b41-39+,42-40+,75-61+,76-62+. The Balaban J connectivity index is 1.31. The lowest BCUT2D eigenvalue weighted by atomic mass is 9.98. The van der Waals surface area contributed by atoms with Gasteiger partial charge in [-0.3, -0.25) is 0 Å². The second-order valence-corrected chi connectivity index (χ2v) is 23.5. The van der Waals surface area contributed by atoms with E-state index in [-0.39, 0.29) is 0 Å². The number of ether oxygens (including phenoxy) is 4. The first-order valence-electron chi connectivity index (χ1n) is 34.2. The van der Waals surface area contributed by atoms with Gasteiger partial charge in [-0.15, -0.1) is 0 Å². The van der Waals surface area contributed by atoms with Crippen molar-refractivity contribution in [3.63, 3.8) is 0 Å². The number of nitrogens with zero attached hydrogens (tertiary/aromatic N) is 2. The van der Waals surface area contributed by atoms with Gasteiger partial charge in [-0.2, -0.15) is 10.5 Å². The maximum absolute atomic E-state index is 10.8. The molecule has 5 rings (SSSR count). The fraction of sp³-hybridized carbons (Fsp3) is 0.500. The van der Waals surface area contributed by atoms with E-state index in [0.717, 1.165) is 81.7 Å². The molecule has 0 saturated heterocycles. The van der Waals surface area contributed by atoms with Crippen molar-refractivity contribution in [3.8, 4) is 35.1 Å². The minimum atomic E-state index is 0.528. The molecule has 0 unspecified atom stereocenters. The van der Waals surface area contributed by atoms with Crippen molar-refractivity contribution < 1.29 is 18.9 Å². The minimum absolute atomic E-state index is 0.528. The van der Waals surface area contributed by atoms with E-state index in [0.29, 0.717) is 49.1 Å². The predicted octanol–water partition coefficient (Wildman–Crippen LogP) is 24.2. The molecule has 0 amide bonds. The normalized spacial score (nSPS) is 11.8. The van der Waals surface area contributed by atoms with Crippen LogP contribution in [0.2, 0.25) is 0 Å². The summed E-state index contributed by atoms with van der Waals surface area (Å²) in [6.07, 6.45) is 54.1. The summed E-state index contributed by atoms with van der Waals surface area (Å²) in [6, 6.07) is 41.5. The molecular weight excluding hydrogens is 1050 g/mol. The number of hydrogen-bond acceptors (Lipinski definition) is 6. The van der Waals surface area contributed by atoms with Crippen molar-refractivity contribution in [2.24, 2.45) is 0 Å². The lowest BCUT2D eigenvalue weighted by Crippen LogP contribution is -2.03. The van der Waals surface area contributed by atoms with Crippen molar-refractivity contribution in [2.45, 2.75) is 233 Å². The van der Waals surface area contributed by atoms with E-state index in [9.17, 15) is 10.5 Å². The molecule has 0 N–H and O–H groups in total. The van der Waals surface area contributed by atoms with Gasteiger partial charge in [0.1, 0.15) is 23.0 Å². The zero-order valence-corrected chi connectivity index (χ0v) is 53.8. The molecule has 0 radical (unpaired) electrons. The van der Waals surface area contributed by atoms with Gasteiger partial charge in [-0.25, -0.2) is 0 Å². The van der Waals surface area contributed by atoms with Gasteiger partial charge in [-0.05, 0) is 109 Å². The Hall–Kier alpha value is -6.76. The van der Waals surface area contributed by atoms with Gasteiger partial charge < -0.3 is 18.9 Å². The number of benzene rings is 5. The zero-order valence-electron chi connectivity index (χ0n) is 53.8. The van der Waals surface area contributed by atoms with E-state index >= 15 is 0 Å². The lowest BCUT2D eigenvalue weighted by Gasteiger charge is -2.16. The van der Waals surface area contributed by atoms with Crippen molar-refractivity contribution in [1.29, 1.82) is 10.5 Å². The summed E-state index contributed by atoms with van der Waals surface area (Å²) < 4.78 is 24.8. The number of allylic oxidation sites excluding steroid dienone is 2. The molecule has 86 heavy (non-hydrogen) atoms. The number of hydrogen-bond donors (Lipinski definition) is 0. The van der Waals surface area contributed by atoms with Crippen LogP contribution in [0.5, 0.6) is 23.0 Å². The Morgan fingerprint density at radius 2 is 0.558 bits per heavy atom. The first kappa shape index (κ1) is 70.0. The Kier molecular flexibility index (Phi) is 37.1. The molecule has 0 aliphatic rings. The van der Waals surface area contributed by atoms with Gasteiger partial charge in [0.05, 0.1) is 49.7 Å². The highest BCUT2D eigenvalue weighted by molar-refractivity contribution is 5.94. The van der Waals surface area contributed by atoms with Gasteiger partial charge in [0, 0.05) is 11.1 Å². The van der Waals surface area contributed by atoms with Crippen LogP contribution in [-0.2, 0) is 0 Å². The molecule has 0 saturated carbocycles. The van der Waals surface area contributed by atoms with Crippen LogP contribution >= 0.6 is 0 Å². The molecular formula is C80H108N2O4. The maximum Gasteiger partial charge on any atom is 0.127 e. The van der Waals surface area contributed by atoms with Crippen molar-refractivity contribution in [3.05, 3.63) is 154 Å². The summed E-state index contributed by atoms with van der Waals surface area (Å²) in [6.45, 7) is 10.9. The summed E-state index contributed by atoms with van der Waals surface area (Å²) in [4.78, 5) is 0. The molecule has 0 aliphatic carbocycles. The molecule has 0 spiro atoms. The van der Waals surface area contributed by atoms with Crippen LogP contribution in [0.3, 0.4) is 0 Å². The summed E-state index contributed by atoms with van der Waals surface area (Å²) in [5.74, 6) is 3.05. The second-order valence-electron chi connectivity index (χ2n) is 23.5. The molecule has 462 valence electrons. The van der Waals surface area contributed by atoms with Crippen molar-refractivity contribution in [1.82, 2.24) is 0 Å². The lowest BCUT2D eigenvalue weighted by molar-refractivity contribution is 0.295. The summed E-state index contributed by atoms with van der Waals surface area (Å²) in [5.41, 5.74) is 8.48. The van der Waals surface area contributed by atoms with Crippen LogP contribution in [0.4, 0.5) is 0 Å². The van der Waals surface area contributed by atoms with Crippen molar-refractivity contribution >= 4 is 47.6 Å². The van der Waals surface area contributed by atoms with Gasteiger partial charge >= 0.3 is 0 Å². The van der Waals surface area contributed by atoms with Crippen LogP contribution in [0.25, 0.3) is 47.6 Å². The van der Waals surface area contributed by atoms with E-state index in [1.165, 1.54) is 180 Å². The minimum Gasteiger partial charge on any atom is -0.494 e. The third-order valence-corrected chi connectivity index (χ3v) is 16.3. The molecule has 0 atom stereocenters. The molecule has 5 aromatic rings. The summed E-state index contributed by atoms with van der Waals surface area (Å²) >= 11 is 0. The molecule has 0 aliphatic heterocycles. The largest absolute Gasteiger partial charge is 0.494 e. The molecule has 0 bridgehead atoms. The molecule has 0 aromatic heterocycles. The molecule has 0 heterocycles. The van der Waals surface area contributed by atoms with Crippen molar-refractivity contribution in [2.75, 3.05) is 26.4 Å². The Bertz CT molecular complexity index is 2580. The Labute approximate surface area is 522 Å². The Morgan fingerprint density at radius 1 is 0.314 bits per heavy atom. The third-order valence-electron chi connectivity index (χ3n) is 16.3. The smallest absolute Gasteiger partial charge is 0.127 e. The molecule has 6 nitrogen and oxygen atoms in total. The van der Waals surface area contributed by atoms with Gasteiger partial charge in [0.25, 0.3) is 0 Å². The van der Waals surface area contributed by atoms with E-state index in [1.807, 2.05) is 86.7 Å². The topological polar surface area (TPSA) is 84.5 Å². The third kappa shape index (κ3) is 29.6. The number of unbranched alkanes of at least 4 members (excludes halogenated alkanes) is 30. The average molecular weight is 1160 g/mol. The summed E-state index contributed by atoms with van der Waals surface area (Å²) in [7, 11) is 0. The fourth-order valence-electron chi connectivity index (χ4n) is 11.0. The van der Waals surface area contributed by atoms with Crippen LogP contribution in [0, 0.1) is 22.7 Å². The van der Waals surface area contributed by atoms with E-state index in [1.54, 1.807) is 0 Å². The first-order chi connectivity index (χ1) is 42.5. The second kappa shape index (κ2) is 45.5. The highest BCUT2D eigenvalue weighted by Crippen LogP contribution is 2.36. The fourth-order valence-corrected chi connectivity index (χ4v) is 11.0. The highest BCUT2D eigenvalue weighted by Gasteiger charge is 2.15. The van der Waals surface area contributed by atoms with Gasteiger partial charge in [0.15, 0.2) is 0 Å². The maximum atomic E-state index is 10.8. The number of nitriles is 2. The first-order valence-corrected chi connectivity index (χ1v) is 34.2. The van der Waals surface area contributed by atoms with Gasteiger partial charge in [0.2, 0.25) is 0 Å². The Morgan fingerprint density at radius 3 is 0.802 bits per heavy atom. The quantitative estimate of drug-likeness (QED) is 0.0219.